The number of nitrogens with one attached hydrogen (secondary N) is 5. The predicted octanol–water partition coefficient (Wildman–Crippen LogP) is -25.4. The number of aliphatic hydroxyl groups excluding tert-OH is 32. The van der Waals surface area contributed by atoms with E-state index in [9.17, 15) is 187 Å². The van der Waals surface area contributed by atoms with Gasteiger partial charge in [0.25, 0.3) is 0 Å². The molecule has 60 atom stereocenters. The number of hydrogen-bond acceptors (Lipinski definition) is 60. The van der Waals surface area contributed by atoms with E-state index >= 15 is 0 Å². The second-order valence-electron chi connectivity index (χ2n) is 37.4. The van der Waals surface area contributed by atoms with E-state index in [2.05, 4.69) is 26.6 Å². The first-order valence-electron chi connectivity index (χ1n) is 47.0. The molecule has 0 aromatic carbocycles. The summed E-state index contributed by atoms with van der Waals surface area (Å²) in [4.78, 5) is 64.7. The van der Waals surface area contributed by atoms with Crippen molar-refractivity contribution in [2.75, 3.05) is 72.7 Å². The SMILES string of the molecule is CC(=O)N[C@@H]1[C@H](O[C@@H]2[C@@H](O[C@@H]3[C@H](O)[C@H](O[C@H]4[C@H](O)[C@@H](NC(C)=O)[C@H](O[C@H]5[C@H](O)[C@@H](NC(C)=O)C(O)O[C@@H]5CO[C@@H]5O[C@@H](C)[C@@H](O)[C@@H](O)[C@@H]5O)O[C@@H]4CO)O[C@H](CO[C@H]4O[C@H](CO)[C@@H](O)[C@H](O)[C@@H]4O[C@@H]4O[C@H](CO)[C@@H](O[C@@H]5O[C@H](CO)[C@H](O)[C@H](O[C@H]6O[C@H](CO)[C@H](O)[C@H](O)[C@H]6O)[C@H]5O)[C@H](O)[C@H]4NC(C)=O)[C@H]3O)O[C@H](CO)[C@@H](O)[C@@H]2O)O[C@H](CO)[C@@H](O[C@@H]2O[C@H](CO[C@H]3O[C@H](CO)[C@@H](O)[C@H](O)[C@H]3NC(C)=O)[C@H](O)[C@H](O)[C@H]2O)[C@@H]1O. The Labute approximate surface area is 832 Å². The van der Waals surface area contributed by atoms with Crippen LogP contribution in [0.15, 0.2) is 0 Å². The molecule has 0 aliphatic carbocycles. The van der Waals surface area contributed by atoms with Gasteiger partial charge in [0.15, 0.2) is 75.5 Å². The second-order valence-corrected chi connectivity index (χ2v) is 37.4. The van der Waals surface area contributed by atoms with Gasteiger partial charge in [-0.05, 0) is 6.92 Å². The standard InChI is InChI=1S/C82H137N5O60/c1-18-40(101)53(114)58(119)76(128-18)126-17-34-66(49(110)35(71(124)129-34)83-19(2)96)140-73-37(85-21(4)98)50(111)65(30(13-94)135-73)143-80-62(123)68(145-82-70(57(118)44(105)27(10-91)134-82)147-75-39(87-23(6)100)51(112)63(29(12-93)137-75)141-78-60(121)55(116)45(106)32(138-78)15-125-72-36(84-20(3)97)48(109)41(102)24(7-88)130-72)47(108)33(139-80)16-127-81-69(56(117)43(104)26(9-90)133-81)146-74-38(86-22(5)99)52(113)64(31(14-95)136-74)142-79-61(122)67(46(107)28(11-92)132-79)144-77-59(120)54(115)42(103)25(8-89)131-77/h18,24-82,88-95,101-124H,7-17H2,1-6H3,(H,83,96)(H,84,97)(H,85,98)(H,86,99)(H,87,100)/t18-,24+,25+,26+,27+,28+,29+,30+,31+,32+,33+,34+,35+,36+,37+,38+,39-,40+,41+,42-,43+,44+,45-,46-,47+,48+,49+,50+,51+,52+,53+,54-,55-,56-,57-,58-,59+,60+,61+,62-,63+,64+,65+,66+,67-,68-,69-,70-,71?,72-,73-,74-,75-,76+,77+,78-,79-,80-,81-,82+/m0/s1. The third kappa shape index (κ3) is 27.0. The fraction of sp³-hybridized carbons (Fsp3) is 0.939. The lowest BCUT2D eigenvalue weighted by Gasteiger charge is -2.51. The van der Waals surface area contributed by atoms with E-state index in [0.29, 0.717) is 0 Å². The van der Waals surface area contributed by atoms with Gasteiger partial charge in [0, 0.05) is 34.6 Å². The highest BCUT2D eigenvalue weighted by Crippen LogP contribution is 2.43. The predicted molar refractivity (Wildman–Crippen MR) is 452 cm³/mol. The molecule has 1 unspecified atom stereocenters. The number of amides is 5. The maximum Gasteiger partial charge on any atom is 0.217 e. The van der Waals surface area contributed by atoms with Crippen LogP contribution in [0.4, 0.5) is 0 Å². The molecule has 0 radical (unpaired) electrons. The molecule has 12 aliphatic heterocycles. The van der Waals surface area contributed by atoms with Crippen LogP contribution in [-0.4, -0.2) is 634 Å². The van der Waals surface area contributed by atoms with E-state index in [1.165, 1.54) is 6.92 Å². The number of carbonyl (C=O) groups is 5. The fourth-order valence-electron chi connectivity index (χ4n) is 19.1. The average molecular weight is 2150 g/mol. The smallest absolute Gasteiger partial charge is 0.217 e. The number of ether oxygens (including phenoxy) is 23. The Balaban J connectivity index is 0.851. The van der Waals surface area contributed by atoms with Crippen molar-refractivity contribution in [2.45, 2.75) is 410 Å². The minimum absolute atomic E-state index is 0.775. The summed E-state index contributed by atoms with van der Waals surface area (Å²) in [7, 11) is 0. The van der Waals surface area contributed by atoms with Crippen molar-refractivity contribution in [1.29, 1.82) is 0 Å². The van der Waals surface area contributed by atoms with E-state index in [1.807, 2.05) is 0 Å². The van der Waals surface area contributed by atoms with Crippen LogP contribution in [0, 0.1) is 0 Å². The van der Waals surface area contributed by atoms with E-state index in [1.54, 1.807) is 0 Å². The monoisotopic (exact) mass is 2150 g/mol. The van der Waals surface area contributed by atoms with E-state index in [-0.39, 0.29) is 0 Å². The van der Waals surface area contributed by atoms with Crippen molar-refractivity contribution in [2.24, 2.45) is 0 Å². The Bertz CT molecular complexity index is 4110. The summed E-state index contributed by atoms with van der Waals surface area (Å²) in [5.74, 6) is -4.76. The molecule has 0 aromatic rings. The summed E-state index contributed by atoms with van der Waals surface area (Å²) in [5.41, 5.74) is 0. The van der Waals surface area contributed by atoms with Crippen molar-refractivity contribution >= 4 is 29.5 Å². The zero-order valence-electron chi connectivity index (χ0n) is 79.2. The van der Waals surface area contributed by atoms with Gasteiger partial charge in [-0.25, -0.2) is 0 Å². The van der Waals surface area contributed by atoms with Crippen molar-refractivity contribution in [1.82, 2.24) is 26.6 Å². The van der Waals surface area contributed by atoms with Crippen molar-refractivity contribution in [3.05, 3.63) is 0 Å². The molecule has 0 bridgehead atoms. The van der Waals surface area contributed by atoms with E-state index in [4.69, 9.17) is 109 Å². The molecule has 0 saturated carbocycles. The van der Waals surface area contributed by atoms with Gasteiger partial charge in [-0.2, -0.15) is 0 Å². The summed E-state index contributed by atoms with van der Waals surface area (Å²) in [6.07, 6.45) is -117. The first-order valence-corrected chi connectivity index (χ1v) is 47.0. The maximum atomic E-state index is 13.4. The molecule has 850 valence electrons. The van der Waals surface area contributed by atoms with Gasteiger partial charge in [-0.3, -0.25) is 24.0 Å². The number of hydrogen-bond donors (Lipinski definition) is 37. The molecule has 147 heavy (non-hydrogen) atoms. The first-order chi connectivity index (χ1) is 69.5. The zero-order chi connectivity index (χ0) is 108. The summed E-state index contributed by atoms with van der Waals surface area (Å²) >= 11 is 0. The largest absolute Gasteiger partial charge is 0.394 e. The van der Waals surface area contributed by atoms with Crippen LogP contribution in [0.1, 0.15) is 41.5 Å². The highest BCUT2D eigenvalue weighted by molar-refractivity contribution is 5.75. The van der Waals surface area contributed by atoms with E-state index < -0.39 is 470 Å². The molecule has 0 aromatic heterocycles. The summed E-state index contributed by atoms with van der Waals surface area (Å²) in [5, 5.41) is 373. The van der Waals surface area contributed by atoms with Crippen LogP contribution in [0.25, 0.3) is 0 Å². The number of carbonyl (C=O) groups excluding carboxylic acids is 5. The molecule has 12 fully saturated rings. The molecule has 65 nitrogen and oxygen atoms in total. The highest BCUT2D eigenvalue weighted by atomic mass is 16.8. The van der Waals surface area contributed by atoms with Crippen LogP contribution in [-0.2, 0) is 133 Å². The molecular weight excluding hydrogens is 2010 g/mol. The topological polar surface area (TPSA) is 1010 Å². The molecule has 5 amide bonds. The number of rotatable bonds is 38. The molecule has 0 spiro atoms. The lowest BCUT2D eigenvalue weighted by molar-refractivity contribution is -0.399. The molecular formula is C82H137N5O60. The van der Waals surface area contributed by atoms with E-state index in [0.717, 1.165) is 34.6 Å². The van der Waals surface area contributed by atoms with Gasteiger partial charge in [-0.1, -0.05) is 0 Å². The Morgan fingerprint density at radius 1 is 0.190 bits per heavy atom. The highest BCUT2D eigenvalue weighted by Gasteiger charge is 2.64. The van der Waals surface area contributed by atoms with Crippen LogP contribution >= 0.6 is 0 Å². The quantitative estimate of drug-likeness (QED) is 0.0273. The fourth-order valence-corrected chi connectivity index (χ4v) is 19.1. The molecule has 37 N–H and O–H groups in total. The van der Waals surface area contributed by atoms with Gasteiger partial charge in [0.1, 0.15) is 287 Å². The molecule has 12 rings (SSSR count). The second kappa shape index (κ2) is 52.8. The minimum Gasteiger partial charge on any atom is -0.394 e. The van der Waals surface area contributed by atoms with Crippen molar-refractivity contribution in [3.8, 4) is 0 Å². The molecule has 12 saturated heterocycles. The van der Waals surface area contributed by atoms with Crippen LogP contribution < -0.4 is 26.6 Å². The number of aliphatic hydroxyl groups is 32. The summed E-state index contributed by atoms with van der Waals surface area (Å²) in [6.45, 7) is -6.46. The third-order valence-corrected chi connectivity index (χ3v) is 27.0. The van der Waals surface area contributed by atoms with Crippen LogP contribution in [0.5, 0.6) is 0 Å². The van der Waals surface area contributed by atoms with Gasteiger partial charge < -0.3 is 299 Å². The molecule has 65 heteroatoms. The Morgan fingerprint density at radius 2 is 0.429 bits per heavy atom. The van der Waals surface area contributed by atoms with Gasteiger partial charge >= 0.3 is 0 Å². The average Bonchev–Trinajstić information content (AvgIpc) is 0.761. The maximum absolute atomic E-state index is 13.4. The zero-order valence-corrected chi connectivity index (χ0v) is 79.2. The summed E-state index contributed by atoms with van der Waals surface area (Å²) in [6, 6.07) is -9.62. The first kappa shape index (κ1) is 121. The van der Waals surface area contributed by atoms with Crippen molar-refractivity contribution < 1.29 is 296 Å². The summed E-state index contributed by atoms with van der Waals surface area (Å²) < 4.78 is 137. The Morgan fingerprint density at radius 3 is 0.830 bits per heavy atom. The van der Waals surface area contributed by atoms with Gasteiger partial charge in [0.05, 0.1) is 78.8 Å². The Kier molecular flexibility index (Phi) is 43.4. The molecule has 12 aliphatic rings. The minimum atomic E-state index is -2.71. The normalized spacial score (nSPS) is 49.6. The third-order valence-electron chi connectivity index (χ3n) is 27.0. The van der Waals surface area contributed by atoms with Gasteiger partial charge in [-0.15, -0.1) is 0 Å². The van der Waals surface area contributed by atoms with Crippen LogP contribution in [0.3, 0.4) is 0 Å². The Hall–Kier alpha value is -4.85. The lowest BCUT2D eigenvalue weighted by atomic mass is 9.93. The molecule has 12 heterocycles. The van der Waals surface area contributed by atoms with Crippen molar-refractivity contribution in [3.63, 3.8) is 0 Å². The lowest BCUT2D eigenvalue weighted by Crippen LogP contribution is -2.71. The van der Waals surface area contributed by atoms with Gasteiger partial charge in [0.2, 0.25) is 29.5 Å². The van der Waals surface area contributed by atoms with Crippen LogP contribution in [0.2, 0.25) is 0 Å².